The molecule has 5 heteroatoms. The van der Waals surface area contributed by atoms with Gasteiger partial charge < -0.3 is 5.73 Å². The maximum Gasteiger partial charge on any atom is 0.148 e. The lowest BCUT2D eigenvalue weighted by Gasteiger charge is -2.07. The monoisotopic (exact) mass is 245 g/mol. The summed E-state index contributed by atoms with van der Waals surface area (Å²) in [5, 5.41) is 0. The summed E-state index contributed by atoms with van der Waals surface area (Å²) < 4.78 is 21.9. The van der Waals surface area contributed by atoms with Crippen LogP contribution in [0.25, 0.3) is 0 Å². The molecule has 0 amide bonds. The fourth-order valence-electron chi connectivity index (χ4n) is 1.17. The van der Waals surface area contributed by atoms with Crippen LogP contribution >= 0.6 is 11.8 Å². The van der Waals surface area contributed by atoms with E-state index in [1.165, 1.54) is 18.0 Å². The number of rotatable bonds is 4. The van der Waals surface area contributed by atoms with Crippen molar-refractivity contribution in [1.29, 1.82) is 0 Å². The van der Waals surface area contributed by atoms with Gasteiger partial charge in [0.05, 0.1) is 5.75 Å². The minimum Gasteiger partial charge on any atom is -0.398 e. The molecule has 0 saturated carbocycles. The second kappa shape index (κ2) is 4.90. The van der Waals surface area contributed by atoms with Gasteiger partial charge in [0.15, 0.2) is 0 Å². The van der Waals surface area contributed by atoms with Crippen molar-refractivity contribution in [3.63, 3.8) is 0 Å². The first kappa shape index (κ1) is 12.4. The number of benzene rings is 1. The number of aryl methyl sites for hydroxylation is 1. The predicted molar refractivity (Wildman–Crippen MR) is 66.0 cm³/mol. The van der Waals surface area contributed by atoms with E-state index in [-0.39, 0.29) is 5.75 Å². The SMILES string of the molecule is Cc1cccc(N)c1SCCS(C)(=O)=O. The highest BCUT2D eigenvalue weighted by Gasteiger charge is 2.06. The molecule has 0 radical (unpaired) electrons. The van der Waals surface area contributed by atoms with Crippen LogP contribution in [-0.2, 0) is 9.84 Å². The van der Waals surface area contributed by atoms with Crippen LogP contribution in [0.1, 0.15) is 5.56 Å². The number of nitrogen functional groups attached to an aromatic ring is 1. The Morgan fingerprint density at radius 2 is 2.07 bits per heavy atom. The molecule has 0 atom stereocenters. The van der Waals surface area contributed by atoms with Crippen molar-refractivity contribution >= 4 is 27.3 Å². The van der Waals surface area contributed by atoms with E-state index in [0.717, 1.165) is 10.5 Å². The topological polar surface area (TPSA) is 60.2 Å². The number of nitrogens with two attached hydrogens (primary N) is 1. The normalized spacial score (nSPS) is 11.6. The van der Waals surface area contributed by atoms with Crippen molar-refractivity contribution in [2.45, 2.75) is 11.8 Å². The molecule has 2 N–H and O–H groups in total. The minimum atomic E-state index is -2.88. The third-order valence-corrected chi connectivity index (χ3v) is 4.40. The molecule has 0 saturated heterocycles. The molecule has 0 aliphatic carbocycles. The Hall–Kier alpha value is -0.680. The van der Waals surface area contributed by atoms with Crippen LogP contribution in [-0.4, -0.2) is 26.2 Å². The summed E-state index contributed by atoms with van der Waals surface area (Å²) in [5.41, 5.74) is 7.61. The van der Waals surface area contributed by atoms with Crippen LogP contribution in [0.4, 0.5) is 5.69 Å². The lowest BCUT2D eigenvalue weighted by molar-refractivity contribution is 0.603. The van der Waals surface area contributed by atoms with Crippen LogP contribution in [0, 0.1) is 6.92 Å². The van der Waals surface area contributed by atoms with Gasteiger partial charge in [-0.2, -0.15) is 0 Å². The van der Waals surface area contributed by atoms with Crippen LogP contribution in [0.3, 0.4) is 0 Å². The van der Waals surface area contributed by atoms with Crippen molar-refractivity contribution in [3.8, 4) is 0 Å². The third kappa shape index (κ3) is 4.13. The third-order valence-electron chi connectivity index (χ3n) is 1.94. The zero-order valence-corrected chi connectivity index (χ0v) is 10.5. The standard InChI is InChI=1S/C10H15NO2S2/c1-8-4-3-5-9(11)10(8)14-6-7-15(2,12)13/h3-5H,6-7,11H2,1-2H3. The Morgan fingerprint density at radius 3 is 2.60 bits per heavy atom. The van der Waals surface area contributed by atoms with Gasteiger partial charge in [-0.1, -0.05) is 12.1 Å². The lowest BCUT2D eigenvalue weighted by Crippen LogP contribution is -2.05. The van der Waals surface area contributed by atoms with E-state index >= 15 is 0 Å². The Bertz CT molecular complexity index is 420. The summed E-state index contributed by atoms with van der Waals surface area (Å²) in [6.45, 7) is 1.97. The maximum atomic E-state index is 10.9. The molecule has 0 heterocycles. The Labute approximate surface area is 95.0 Å². The summed E-state index contributed by atoms with van der Waals surface area (Å²) >= 11 is 1.50. The first-order valence-electron chi connectivity index (χ1n) is 4.56. The van der Waals surface area contributed by atoms with E-state index in [1.807, 2.05) is 25.1 Å². The molecule has 0 fully saturated rings. The molecule has 0 spiro atoms. The number of thioether (sulfide) groups is 1. The second-order valence-electron chi connectivity index (χ2n) is 3.47. The van der Waals surface area contributed by atoms with Crippen LogP contribution in [0.2, 0.25) is 0 Å². The number of sulfone groups is 1. The van der Waals surface area contributed by atoms with Gasteiger partial charge in [0, 0.05) is 22.6 Å². The Kier molecular flexibility index (Phi) is 4.04. The average Bonchev–Trinajstić information content (AvgIpc) is 2.08. The van der Waals surface area contributed by atoms with Crippen molar-refractivity contribution in [1.82, 2.24) is 0 Å². The predicted octanol–water partition coefficient (Wildman–Crippen LogP) is 1.71. The molecule has 3 nitrogen and oxygen atoms in total. The van der Waals surface area contributed by atoms with E-state index in [2.05, 4.69) is 0 Å². The fraction of sp³-hybridized carbons (Fsp3) is 0.400. The van der Waals surface area contributed by atoms with Crippen molar-refractivity contribution in [2.24, 2.45) is 0 Å². The van der Waals surface area contributed by atoms with Crippen LogP contribution in [0.5, 0.6) is 0 Å². The van der Waals surface area contributed by atoms with Gasteiger partial charge in [-0.25, -0.2) is 8.42 Å². The van der Waals surface area contributed by atoms with Gasteiger partial charge in [0.25, 0.3) is 0 Å². The minimum absolute atomic E-state index is 0.186. The van der Waals surface area contributed by atoms with E-state index < -0.39 is 9.84 Å². The molecule has 84 valence electrons. The van der Waals surface area contributed by atoms with Crippen LogP contribution < -0.4 is 5.73 Å². The molecule has 0 aliphatic rings. The lowest BCUT2D eigenvalue weighted by atomic mass is 10.2. The molecule has 0 aliphatic heterocycles. The Balaban J connectivity index is 2.66. The second-order valence-corrected chi connectivity index (χ2v) is 6.84. The molecule has 15 heavy (non-hydrogen) atoms. The maximum absolute atomic E-state index is 10.9. The average molecular weight is 245 g/mol. The van der Waals surface area contributed by atoms with Crippen molar-refractivity contribution < 1.29 is 8.42 Å². The number of hydrogen-bond donors (Lipinski definition) is 1. The van der Waals surface area contributed by atoms with E-state index in [0.29, 0.717) is 11.4 Å². The van der Waals surface area contributed by atoms with Gasteiger partial charge in [-0.15, -0.1) is 11.8 Å². The van der Waals surface area contributed by atoms with Crippen LogP contribution in [0.15, 0.2) is 23.1 Å². The number of anilines is 1. The molecule has 1 aromatic carbocycles. The van der Waals surface area contributed by atoms with Gasteiger partial charge in [-0.3, -0.25) is 0 Å². The fourth-order valence-corrected chi connectivity index (χ4v) is 3.45. The summed E-state index contributed by atoms with van der Waals surface area (Å²) in [4.78, 5) is 0.987. The van der Waals surface area contributed by atoms with Crippen molar-refractivity contribution in [3.05, 3.63) is 23.8 Å². The van der Waals surface area contributed by atoms with E-state index in [4.69, 9.17) is 5.73 Å². The largest absolute Gasteiger partial charge is 0.398 e. The molecule has 1 rings (SSSR count). The highest BCUT2D eigenvalue weighted by Crippen LogP contribution is 2.28. The first-order valence-corrected chi connectivity index (χ1v) is 7.60. The molecule has 0 aromatic heterocycles. The first-order chi connectivity index (χ1) is 6.90. The molecule has 0 unspecified atom stereocenters. The van der Waals surface area contributed by atoms with Gasteiger partial charge >= 0.3 is 0 Å². The van der Waals surface area contributed by atoms with Gasteiger partial charge in [0.2, 0.25) is 0 Å². The summed E-state index contributed by atoms with van der Waals surface area (Å²) in [7, 11) is -2.88. The van der Waals surface area contributed by atoms with E-state index in [1.54, 1.807) is 0 Å². The Morgan fingerprint density at radius 1 is 1.40 bits per heavy atom. The zero-order valence-electron chi connectivity index (χ0n) is 8.86. The summed E-state index contributed by atoms with van der Waals surface area (Å²) in [6.07, 6.45) is 1.24. The molecule has 0 bridgehead atoms. The highest BCUT2D eigenvalue weighted by atomic mass is 32.2. The summed E-state index contributed by atoms with van der Waals surface area (Å²) in [5.74, 6) is 0.735. The molecule has 1 aromatic rings. The smallest absolute Gasteiger partial charge is 0.148 e. The van der Waals surface area contributed by atoms with Gasteiger partial charge in [0.1, 0.15) is 9.84 Å². The van der Waals surface area contributed by atoms with Gasteiger partial charge in [-0.05, 0) is 18.6 Å². The summed E-state index contributed by atoms with van der Waals surface area (Å²) in [6, 6.07) is 5.69. The highest BCUT2D eigenvalue weighted by molar-refractivity contribution is 8.00. The molecular formula is C10H15NO2S2. The van der Waals surface area contributed by atoms with E-state index in [9.17, 15) is 8.42 Å². The zero-order chi connectivity index (χ0) is 11.5. The quantitative estimate of drug-likeness (QED) is 0.648. The molecular weight excluding hydrogens is 230 g/mol. The number of hydrogen-bond acceptors (Lipinski definition) is 4. The van der Waals surface area contributed by atoms with Crippen molar-refractivity contribution in [2.75, 3.05) is 23.5 Å².